The number of benzene rings is 1. The minimum absolute atomic E-state index is 0.0112. The van der Waals surface area contributed by atoms with Gasteiger partial charge in [0.1, 0.15) is 17.3 Å². The highest BCUT2D eigenvalue weighted by atomic mass is 19.1. The van der Waals surface area contributed by atoms with Gasteiger partial charge in [-0.1, -0.05) is 6.07 Å². The summed E-state index contributed by atoms with van der Waals surface area (Å²) >= 11 is 0. The van der Waals surface area contributed by atoms with Gasteiger partial charge in [-0.2, -0.15) is 10.4 Å². The van der Waals surface area contributed by atoms with Gasteiger partial charge in [-0.3, -0.25) is 4.90 Å². The fourth-order valence-electron chi connectivity index (χ4n) is 5.89. The van der Waals surface area contributed by atoms with Crippen molar-refractivity contribution in [2.75, 3.05) is 62.2 Å². The number of fused-ring (bicyclic) bond motifs is 2. The smallest absolute Gasteiger partial charge is 0.171 e. The van der Waals surface area contributed by atoms with Crippen LogP contribution in [0.2, 0.25) is 0 Å². The Hall–Kier alpha value is -3.19. The first kappa shape index (κ1) is 23.2. The zero-order chi connectivity index (χ0) is 24.6. The Morgan fingerprint density at radius 3 is 2.81 bits per heavy atom. The van der Waals surface area contributed by atoms with Gasteiger partial charge in [0.05, 0.1) is 24.1 Å². The number of pyridine rings is 1. The van der Waals surface area contributed by atoms with Crippen molar-refractivity contribution in [3.8, 4) is 6.07 Å². The van der Waals surface area contributed by atoms with Crippen LogP contribution < -0.4 is 15.1 Å². The molecule has 3 aliphatic heterocycles. The van der Waals surface area contributed by atoms with Crippen molar-refractivity contribution in [1.29, 1.82) is 5.26 Å². The van der Waals surface area contributed by atoms with Crippen molar-refractivity contribution in [3.05, 3.63) is 59.2 Å². The van der Waals surface area contributed by atoms with Crippen LogP contribution in [0.4, 0.5) is 15.8 Å². The van der Waals surface area contributed by atoms with Crippen LogP contribution in [0.3, 0.4) is 0 Å². The maximum atomic E-state index is 14.7. The molecule has 2 atom stereocenters. The predicted molar refractivity (Wildman–Crippen MR) is 137 cm³/mol. The van der Waals surface area contributed by atoms with Crippen LogP contribution >= 0.6 is 0 Å². The molecule has 0 bridgehead atoms. The molecule has 2 saturated heterocycles. The zero-order valence-corrected chi connectivity index (χ0v) is 20.7. The maximum absolute atomic E-state index is 14.7. The lowest BCUT2D eigenvalue weighted by molar-refractivity contribution is -0.0340. The topological polar surface area (TPSA) is 72.1 Å². The van der Waals surface area contributed by atoms with E-state index in [0.29, 0.717) is 24.3 Å². The van der Waals surface area contributed by atoms with Crippen LogP contribution in [0.5, 0.6) is 0 Å². The molecule has 36 heavy (non-hydrogen) atoms. The first-order chi connectivity index (χ1) is 17.6. The Bertz CT molecular complexity index is 1300. The fraction of sp³-hybridized carbons (Fsp3) is 0.481. The van der Waals surface area contributed by atoms with Crippen LogP contribution in [0.15, 0.2) is 36.5 Å². The van der Waals surface area contributed by atoms with E-state index in [9.17, 15) is 9.65 Å². The lowest BCUT2D eigenvalue weighted by Crippen LogP contribution is -2.51. The number of nitriles is 1. The summed E-state index contributed by atoms with van der Waals surface area (Å²) in [6.07, 6.45) is 2.25. The predicted octanol–water partition coefficient (Wildman–Crippen LogP) is 2.41. The van der Waals surface area contributed by atoms with Crippen LogP contribution in [-0.4, -0.2) is 79.1 Å². The number of ether oxygens (including phenoxy) is 1. The molecule has 6 rings (SSSR count). The molecule has 0 unspecified atom stereocenters. The average Bonchev–Trinajstić information content (AvgIpc) is 3.29. The number of rotatable bonds is 4. The number of anilines is 2. The first-order valence-corrected chi connectivity index (χ1v) is 12.9. The van der Waals surface area contributed by atoms with Gasteiger partial charge in [-0.15, -0.1) is 0 Å². The average molecular weight is 490 g/mol. The van der Waals surface area contributed by atoms with Gasteiger partial charge in [0.25, 0.3) is 0 Å². The van der Waals surface area contributed by atoms with E-state index in [0.717, 1.165) is 57.9 Å². The minimum Gasteiger partial charge on any atom is -0.370 e. The summed E-state index contributed by atoms with van der Waals surface area (Å²) in [4.78, 5) is 7.12. The lowest BCUT2D eigenvalue weighted by Gasteiger charge is -2.41. The molecule has 8 nitrogen and oxygen atoms in total. The number of nitrogens with one attached hydrogen (secondary N) is 1. The summed E-state index contributed by atoms with van der Waals surface area (Å²) in [6.45, 7) is 10.4. The maximum Gasteiger partial charge on any atom is 0.171 e. The Labute approximate surface area is 210 Å². The highest BCUT2D eigenvalue weighted by molar-refractivity contribution is 5.74. The molecule has 1 N–H and O–H groups in total. The van der Waals surface area contributed by atoms with E-state index in [4.69, 9.17) is 4.74 Å². The number of halogens is 1. The third-order valence-corrected chi connectivity index (χ3v) is 7.60. The second-order valence-electron chi connectivity index (χ2n) is 10.1. The van der Waals surface area contributed by atoms with Crippen molar-refractivity contribution in [2.45, 2.75) is 32.1 Å². The number of morpholine rings is 1. The molecule has 3 aliphatic rings. The third-order valence-electron chi connectivity index (χ3n) is 7.60. The molecule has 3 aromatic rings. The zero-order valence-electron chi connectivity index (χ0n) is 20.7. The highest BCUT2D eigenvalue weighted by Gasteiger charge is 2.30. The van der Waals surface area contributed by atoms with E-state index in [1.807, 2.05) is 6.07 Å². The Kier molecular flexibility index (Phi) is 6.25. The van der Waals surface area contributed by atoms with Gasteiger partial charge >= 0.3 is 0 Å². The molecule has 0 amide bonds. The monoisotopic (exact) mass is 489 g/mol. The SMILES string of the molecule is C[C@@H]1CN(c2ccc(C#N)n3ncc(F)c23)C[C@H](CN2CCc3cc(N4CCNCC4)ccc3C2)O1. The van der Waals surface area contributed by atoms with E-state index < -0.39 is 5.82 Å². The molecule has 0 spiro atoms. The lowest BCUT2D eigenvalue weighted by atomic mass is 9.98. The molecule has 0 radical (unpaired) electrons. The van der Waals surface area contributed by atoms with Crippen molar-refractivity contribution >= 4 is 16.9 Å². The molecule has 0 aliphatic carbocycles. The third kappa shape index (κ3) is 4.41. The van der Waals surface area contributed by atoms with Gasteiger partial charge in [0.15, 0.2) is 5.82 Å². The van der Waals surface area contributed by atoms with Crippen LogP contribution in [0.25, 0.3) is 5.52 Å². The summed E-state index contributed by atoms with van der Waals surface area (Å²) in [6, 6.07) is 12.6. The number of hydrogen-bond donors (Lipinski definition) is 1. The van der Waals surface area contributed by atoms with E-state index in [1.54, 1.807) is 6.07 Å². The molecule has 0 saturated carbocycles. The van der Waals surface area contributed by atoms with Crippen molar-refractivity contribution in [2.24, 2.45) is 0 Å². The first-order valence-electron chi connectivity index (χ1n) is 12.9. The van der Waals surface area contributed by atoms with Crippen molar-refractivity contribution in [3.63, 3.8) is 0 Å². The summed E-state index contributed by atoms with van der Waals surface area (Å²) < 4.78 is 22.4. The van der Waals surface area contributed by atoms with E-state index in [2.05, 4.69) is 56.3 Å². The number of aromatic nitrogens is 2. The second-order valence-corrected chi connectivity index (χ2v) is 10.1. The fourth-order valence-corrected chi connectivity index (χ4v) is 5.89. The molecule has 188 valence electrons. The molecular weight excluding hydrogens is 457 g/mol. The van der Waals surface area contributed by atoms with Gasteiger partial charge in [-0.05, 0) is 48.7 Å². The molecule has 1 aromatic carbocycles. The summed E-state index contributed by atoms with van der Waals surface area (Å²) in [5.41, 5.74) is 5.63. The van der Waals surface area contributed by atoms with Gasteiger partial charge in [0.2, 0.25) is 0 Å². The number of hydrogen-bond acceptors (Lipinski definition) is 7. The normalized spacial score (nSPS) is 23.0. The Morgan fingerprint density at radius 2 is 1.97 bits per heavy atom. The van der Waals surface area contributed by atoms with Crippen LogP contribution in [0, 0.1) is 17.1 Å². The molecule has 5 heterocycles. The number of piperazine rings is 1. The quantitative estimate of drug-likeness (QED) is 0.604. The van der Waals surface area contributed by atoms with E-state index >= 15 is 0 Å². The Morgan fingerprint density at radius 1 is 1.11 bits per heavy atom. The van der Waals surface area contributed by atoms with Gasteiger partial charge in [0, 0.05) is 64.6 Å². The van der Waals surface area contributed by atoms with Gasteiger partial charge in [-0.25, -0.2) is 8.91 Å². The van der Waals surface area contributed by atoms with Crippen LogP contribution in [-0.2, 0) is 17.7 Å². The van der Waals surface area contributed by atoms with Gasteiger partial charge < -0.3 is 19.9 Å². The van der Waals surface area contributed by atoms with Crippen molar-refractivity contribution < 1.29 is 9.13 Å². The molecule has 2 fully saturated rings. The minimum atomic E-state index is -0.411. The summed E-state index contributed by atoms with van der Waals surface area (Å²) in [5.74, 6) is -0.411. The Balaban J connectivity index is 1.16. The van der Waals surface area contributed by atoms with E-state index in [1.165, 1.54) is 27.5 Å². The van der Waals surface area contributed by atoms with Crippen LogP contribution in [0.1, 0.15) is 23.7 Å². The largest absolute Gasteiger partial charge is 0.370 e. The molecule has 2 aromatic heterocycles. The van der Waals surface area contributed by atoms with Crippen molar-refractivity contribution in [1.82, 2.24) is 19.8 Å². The van der Waals surface area contributed by atoms with E-state index in [-0.39, 0.29) is 12.2 Å². The molecular formula is C27H32FN7O. The second kappa shape index (κ2) is 9.69. The standard InChI is InChI=1S/C27H32FN7O/c1-19-15-34(26-5-4-23(13-29)35-27(26)25(28)14-31-35)18-24(36-19)17-32-9-6-20-12-22(3-2-21(20)16-32)33-10-7-30-8-11-33/h2-5,12,14,19,24,30H,6-11,15-18H2,1H3/t19-,24+/m1/s1. The summed E-state index contributed by atoms with van der Waals surface area (Å²) in [5, 5.41) is 16.9. The summed E-state index contributed by atoms with van der Waals surface area (Å²) in [7, 11) is 0. The highest BCUT2D eigenvalue weighted by Crippen LogP contribution is 2.30. The molecule has 9 heteroatoms. The number of nitrogens with zero attached hydrogens (tertiary/aromatic N) is 6.